The molecule has 0 radical (unpaired) electrons. The predicted molar refractivity (Wildman–Crippen MR) is 86.4 cm³/mol. The van der Waals surface area contributed by atoms with E-state index >= 15 is 0 Å². The van der Waals surface area contributed by atoms with Crippen molar-refractivity contribution < 1.29 is 8.78 Å². The normalized spacial score (nSPS) is 10.7. The minimum Gasteiger partial charge on any atom is -0.398 e. The van der Waals surface area contributed by atoms with Gasteiger partial charge >= 0.3 is 0 Å². The molecule has 3 heteroatoms. The fourth-order valence-electron chi connectivity index (χ4n) is 2.58. The summed E-state index contributed by atoms with van der Waals surface area (Å²) in [5, 5.41) is 0. The molecule has 0 saturated carbocycles. The SMILES string of the molecule is Cc1ccccc1-c1cc(F)c(-c2ccccc2N)cc1F. The number of nitrogen functional groups attached to an aromatic ring is 1. The van der Waals surface area contributed by atoms with Gasteiger partial charge in [0.2, 0.25) is 0 Å². The number of halogens is 2. The molecule has 0 aliphatic rings. The van der Waals surface area contributed by atoms with Gasteiger partial charge in [-0.25, -0.2) is 8.78 Å². The zero-order valence-corrected chi connectivity index (χ0v) is 12.1. The number of rotatable bonds is 2. The maximum Gasteiger partial charge on any atom is 0.131 e. The van der Waals surface area contributed by atoms with Crippen LogP contribution in [0.5, 0.6) is 0 Å². The molecule has 1 nitrogen and oxygen atoms in total. The maximum atomic E-state index is 14.5. The molecule has 0 spiro atoms. The van der Waals surface area contributed by atoms with Crippen molar-refractivity contribution in [3.63, 3.8) is 0 Å². The molecule has 0 atom stereocenters. The van der Waals surface area contributed by atoms with E-state index in [9.17, 15) is 8.78 Å². The van der Waals surface area contributed by atoms with Gasteiger partial charge in [0.1, 0.15) is 11.6 Å². The fourth-order valence-corrected chi connectivity index (χ4v) is 2.58. The number of hydrogen-bond donors (Lipinski definition) is 1. The summed E-state index contributed by atoms with van der Waals surface area (Å²) in [6.07, 6.45) is 0. The third-order valence-electron chi connectivity index (χ3n) is 3.74. The second-order valence-corrected chi connectivity index (χ2v) is 5.21. The van der Waals surface area contributed by atoms with Gasteiger partial charge in [0.05, 0.1) is 0 Å². The molecule has 0 heterocycles. The lowest BCUT2D eigenvalue weighted by Crippen LogP contribution is -1.95. The Morgan fingerprint density at radius 3 is 1.77 bits per heavy atom. The van der Waals surface area contributed by atoms with Crippen molar-refractivity contribution in [2.75, 3.05) is 5.73 Å². The van der Waals surface area contributed by atoms with Gasteiger partial charge in [-0.3, -0.25) is 0 Å². The Bertz CT molecular complexity index is 769. The highest BCUT2D eigenvalue weighted by molar-refractivity contribution is 5.79. The number of aryl methyl sites for hydroxylation is 1. The smallest absolute Gasteiger partial charge is 0.131 e. The summed E-state index contributed by atoms with van der Waals surface area (Å²) in [4.78, 5) is 0. The largest absolute Gasteiger partial charge is 0.398 e. The third-order valence-corrected chi connectivity index (χ3v) is 3.74. The molecule has 0 amide bonds. The number of anilines is 1. The Labute approximate surface area is 128 Å². The average Bonchev–Trinajstić information content (AvgIpc) is 2.51. The Kier molecular flexibility index (Phi) is 3.63. The van der Waals surface area contributed by atoms with Gasteiger partial charge in [-0.15, -0.1) is 0 Å². The monoisotopic (exact) mass is 295 g/mol. The second-order valence-electron chi connectivity index (χ2n) is 5.21. The third kappa shape index (κ3) is 2.46. The lowest BCUT2D eigenvalue weighted by Gasteiger charge is -2.12. The summed E-state index contributed by atoms with van der Waals surface area (Å²) >= 11 is 0. The molecule has 22 heavy (non-hydrogen) atoms. The van der Waals surface area contributed by atoms with E-state index in [1.165, 1.54) is 12.1 Å². The topological polar surface area (TPSA) is 26.0 Å². The zero-order valence-electron chi connectivity index (χ0n) is 12.1. The van der Waals surface area contributed by atoms with E-state index in [1.54, 1.807) is 30.3 Å². The van der Waals surface area contributed by atoms with Crippen LogP contribution in [0.4, 0.5) is 14.5 Å². The lowest BCUT2D eigenvalue weighted by atomic mass is 9.96. The van der Waals surface area contributed by atoms with Crippen molar-refractivity contribution in [3.05, 3.63) is 77.9 Å². The Morgan fingerprint density at radius 2 is 1.18 bits per heavy atom. The molecular weight excluding hydrogens is 280 g/mol. The lowest BCUT2D eigenvalue weighted by molar-refractivity contribution is 0.606. The molecule has 0 unspecified atom stereocenters. The summed E-state index contributed by atoms with van der Waals surface area (Å²) < 4.78 is 29.0. The van der Waals surface area contributed by atoms with E-state index in [2.05, 4.69) is 0 Å². The minimum atomic E-state index is -0.488. The molecule has 0 aliphatic heterocycles. The first-order valence-electron chi connectivity index (χ1n) is 6.98. The summed E-state index contributed by atoms with van der Waals surface area (Å²) in [6.45, 7) is 1.87. The molecule has 0 aliphatic carbocycles. The van der Waals surface area contributed by atoms with Crippen molar-refractivity contribution in [1.29, 1.82) is 0 Å². The highest BCUT2D eigenvalue weighted by Gasteiger charge is 2.15. The minimum absolute atomic E-state index is 0.174. The molecule has 0 aromatic heterocycles. The summed E-state index contributed by atoms with van der Waals surface area (Å²) in [5.74, 6) is -0.952. The van der Waals surface area contributed by atoms with E-state index < -0.39 is 11.6 Å². The Balaban J connectivity index is 2.18. The molecule has 110 valence electrons. The molecule has 3 aromatic rings. The Morgan fingerprint density at radius 1 is 0.682 bits per heavy atom. The van der Waals surface area contributed by atoms with E-state index in [4.69, 9.17) is 5.73 Å². The molecule has 0 fully saturated rings. The second kappa shape index (κ2) is 5.60. The Hall–Kier alpha value is -2.68. The molecule has 0 bridgehead atoms. The van der Waals surface area contributed by atoms with Crippen LogP contribution in [-0.4, -0.2) is 0 Å². The van der Waals surface area contributed by atoms with Gasteiger partial charge < -0.3 is 5.73 Å². The number of para-hydroxylation sites is 1. The van der Waals surface area contributed by atoms with Crippen molar-refractivity contribution >= 4 is 5.69 Å². The van der Waals surface area contributed by atoms with Gasteiger partial charge in [0.15, 0.2) is 0 Å². The first-order chi connectivity index (χ1) is 10.6. The van der Waals surface area contributed by atoms with Crippen LogP contribution in [0, 0.1) is 18.6 Å². The van der Waals surface area contributed by atoms with Gasteiger partial charge in [0.25, 0.3) is 0 Å². The van der Waals surface area contributed by atoms with Crippen LogP contribution in [0.3, 0.4) is 0 Å². The van der Waals surface area contributed by atoms with Crippen LogP contribution in [0.15, 0.2) is 60.7 Å². The van der Waals surface area contributed by atoms with Crippen molar-refractivity contribution in [3.8, 4) is 22.3 Å². The molecule has 0 saturated heterocycles. The van der Waals surface area contributed by atoms with Gasteiger partial charge in [0, 0.05) is 22.4 Å². The van der Waals surface area contributed by atoms with Gasteiger partial charge in [-0.1, -0.05) is 42.5 Å². The van der Waals surface area contributed by atoms with Gasteiger partial charge in [-0.05, 0) is 36.2 Å². The zero-order chi connectivity index (χ0) is 15.7. The first kappa shape index (κ1) is 14.3. The molecular formula is C19H15F2N. The van der Waals surface area contributed by atoms with E-state index in [-0.39, 0.29) is 11.1 Å². The standard InChI is InChI=1S/C19H15F2N/c1-12-6-2-3-7-13(12)15-10-18(21)16(11-17(15)20)14-8-4-5-9-19(14)22/h2-11H,22H2,1H3. The van der Waals surface area contributed by atoms with Crippen LogP contribution >= 0.6 is 0 Å². The quantitative estimate of drug-likeness (QED) is 0.647. The average molecular weight is 295 g/mol. The number of nitrogens with two attached hydrogens (primary N) is 1. The van der Waals surface area contributed by atoms with Crippen molar-refractivity contribution in [2.45, 2.75) is 6.92 Å². The fraction of sp³-hybridized carbons (Fsp3) is 0.0526. The van der Waals surface area contributed by atoms with Crippen molar-refractivity contribution in [1.82, 2.24) is 0 Å². The predicted octanol–water partition coefficient (Wildman–Crippen LogP) is 5.19. The van der Waals surface area contributed by atoms with Gasteiger partial charge in [-0.2, -0.15) is 0 Å². The van der Waals surface area contributed by atoms with Crippen LogP contribution in [0.1, 0.15) is 5.56 Å². The first-order valence-corrected chi connectivity index (χ1v) is 6.98. The highest BCUT2D eigenvalue weighted by atomic mass is 19.1. The molecule has 2 N–H and O–H groups in total. The van der Waals surface area contributed by atoms with Crippen molar-refractivity contribution in [2.24, 2.45) is 0 Å². The summed E-state index contributed by atoms with van der Waals surface area (Å²) in [7, 11) is 0. The van der Waals surface area contributed by atoms with E-state index in [0.29, 0.717) is 16.8 Å². The van der Waals surface area contributed by atoms with Crippen LogP contribution in [0.2, 0.25) is 0 Å². The molecule has 3 aromatic carbocycles. The summed E-state index contributed by atoms with van der Waals surface area (Å²) in [6, 6.07) is 16.6. The van der Waals surface area contributed by atoms with Crippen LogP contribution in [0.25, 0.3) is 22.3 Å². The van der Waals surface area contributed by atoms with Crippen LogP contribution in [-0.2, 0) is 0 Å². The van der Waals surface area contributed by atoms with Crippen LogP contribution < -0.4 is 5.73 Å². The highest BCUT2D eigenvalue weighted by Crippen LogP contribution is 2.34. The number of benzene rings is 3. The summed E-state index contributed by atoms with van der Waals surface area (Å²) in [5.41, 5.74) is 8.79. The molecule has 3 rings (SSSR count). The van der Waals surface area contributed by atoms with E-state index in [0.717, 1.165) is 5.56 Å². The maximum absolute atomic E-state index is 14.5. The van der Waals surface area contributed by atoms with E-state index in [1.807, 2.05) is 25.1 Å². The number of hydrogen-bond acceptors (Lipinski definition) is 1.